The van der Waals surface area contributed by atoms with Gasteiger partial charge in [0.2, 0.25) is 5.91 Å². The molecule has 1 atom stereocenters. The largest absolute Gasteiger partial charge is 0.273 e. The first-order valence-corrected chi connectivity index (χ1v) is 5.60. The molecule has 0 N–H and O–H groups in total. The lowest BCUT2D eigenvalue weighted by molar-refractivity contribution is -0.130. The second-order valence-corrected chi connectivity index (χ2v) is 4.41. The van der Waals surface area contributed by atoms with Gasteiger partial charge in [-0.1, -0.05) is 13.3 Å². The second-order valence-electron chi connectivity index (χ2n) is 4.41. The summed E-state index contributed by atoms with van der Waals surface area (Å²) in [5.74, 6) is 0.913. The van der Waals surface area contributed by atoms with Gasteiger partial charge >= 0.3 is 0 Å². The molecule has 14 heavy (non-hydrogen) atoms. The van der Waals surface area contributed by atoms with E-state index in [0.717, 1.165) is 18.6 Å². The Morgan fingerprint density at radius 2 is 2.29 bits per heavy atom. The predicted octanol–water partition coefficient (Wildman–Crippen LogP) is 2.17. The van der Waals surface area contributed by atoms with Gasteiger partial charge in [0.05, 0.1) is 12.5 Å². The molecule has 3 nitrogen and oxygen atoms in total. The molecule has 3 heteroatoms. The summed E-state index contributed by atoms with van der Waals surface area (Å²) in [4.78, 5) is 11.6. The maximum Gasteiger partial charge on any atom is 0.248 e. The van der Waals surface area contributed by atoms with Gasteiger partial charge in [0.1, 0.15) is 0 Å². The molecular formula is C11H18N2O. The lowest BCUT2D eigenvalue weighted by Crippen LogP contribution is -2.32. The van der Waals surface area contributed by atoms with Crippen molar-refractivity contribution in [2.24, 2.45) is 11.0 Å². The molecule has 1 aliphatic heterocycles. The first-order valence-electron chi connectivity index (χ1n) is 5.60. The summed E-state index contributed by atoms with van der Waals surface area (Å²) in [6, 6.07) is 0.330. The van der Waals surface area contributed by atoms with Crippen molar-refractivity contribution in [2.75, 3.05) is 0 Å². The van der Waals surface area contributed by atoms with Gasteiger partial charge in [0.25, 0.3) is 0 Å². The van der Waals surface area contributed by atoms with Crippen molar-refractivity contribution in [3.05, 3.63) is 0 Å². The molecule has 0 aromatic heterocycles. The van der Waals surface area contributed by atoms with E-state index >= 15 is 0 Å². The van der Waals surface area contributed by atoms with E-state index < -0.39 is 0 Å². The first-order chi connectivity index (χ1) is 6.72. The maximum absolute atomic E-state index is 11.6. The van der Waals surface area contributed by atoms with E-state index in [9.17, 15) is 4.79 Å². The van der Waals surface area contributed by atoms with Gasteiger partial charge in [-0.2, -0.15) is 5.10 Å². The average molecular weight is 194 g/mol. The lowest BCUT2D eigenvalue weighted by Gasteiger charge is -2.19. The van der Waals surface area contributed by atoms with E-state index in [0.29, 0.717) is 18.4 Å². The Labute approximate surface area is 85.2 Å². The minimum atomic E-state index is 0.202. The maximum atomic E-state index is 11.6. The summed E-state index contributed by atoms with van der Waals surface area (Å²) >= 11 is 0. The molecule has 0 radical (unpaired) electrons. The van der Waals surface area contributed by atoms with Crippen LogP contribution in [-0.2, 0) is 4.79 Å². The average Bonchev–Trinajstić information content (AvgIpc) is 2.91. The number of hydrogen-bond acceptors (Lipinski definition) is 2. The molecule has 1 saturated carbocycles. The van der Waals surface area contributed by atoms with Crippen LogP contribution in [0.25, 0.3) is 0 Å². The van der Waals surface area contributed by atoms with Crippen molar-refractivity contribution in [3.8, 4) is 0 Å². The van der Waals surface area contributed by atoms with Crippen molar-refractivity contribution >= 4 is 11.6 Å². The molecule has 2 aliphatic rings. The quantitative estimate of drug-likeness (QED) is 0.675. The van der Waals surface area contributed by atoms with E-state index in [1.807, 2.05) is 0 Å². The van der Waals surface area contributed by atoms with Crippen LogP contribution in [0.5, 0.6) is 0 Å². The topological polar surface area (TPSA) is 32.7 Å². The Morgan fingerprint density at radius 3 is 2.86 bits per heavy atom. The third-order valence-corrected chi connectivity index (χ3v) is 3.09. The third-order valence-electron chi connectivity index (χ3n) is 3.09. The highest BCUT2D eigenvalue weighted by Crippen LogP contribution is 2.36. The van der Waals surface area contributed by atoms with Gasteiger partial charge in [-0.3, -0.25) is 4.79 Å². The van der Waals surface area contributed by atoms with Gasteiger partial charge < -0.3 is 0 Å². The van der Waals surface area contributed by atoms with Crippen LogP contribution in [0.15, 0.2) is 5.10 Å². The highest BCUT2D eigenvalue weighted by Gasteiger charge is 2.36. The van der Waals surface area contributed by atoms with Crippen molar-refractivity contribution < 1.29 is 4.79 Å². The minimum Gasteiger partial charge on any atom is -0.273 e. The molecule has 78 valence electrons. The highest BCUT2D eigenvalue weighted by molar-refractivity contribution is 6.05. The summed E-state index contributed by atoms with van der Waals surface area (Å²) in [6.07, 6.45) is 5.15. The summed E-state index contributed by atoms with van der Waals surface area (Å²) in [6.45, 7) is 4.24. The number of carbonyl (C=O) groups excluding carboxylic acids is 1. The summed E-state index contributed by atoms with van der Waals surface area (Å²) in [5.41, 5.74) is 1.07. The van der Waals surface area contributed by atoms with Gasteiger partial charge in [0.15, 0.2) is 0 Å². The minimum absolute atomic E-state index is 0.202. The fourth-order valence-electron chi connectivity index (χ4n) is 2.02. The number of carbonyl (C=O) groups is 1. The third kappa shape index (κ3) is 1.81. The molecule has 0 saturated heterocycles. The zero-order valence-corrected chi connectivity index (χ0v) is 8.99. The second kappa shape index (κ2) is 3.71. The SMILES string of the molecule is CCCC1=NN(C(C)C2CC2)C(=O)C1. The summed E-state index contributed by atoms with van der Waals surface area (Å²) in [7, 11) is 0. The van der Waals surface area contributed by atoms with Gasteiger partial charge in [-0.05, 0) is 32.1 Å². The molecule has 1 aliphatic carbocycles. The fourth-order valence-corrected chi connectivity index (χ4v) is 2.02. The van der Waals surface area contributed by atoms with E-state index in [4.69, 9.17) is 0 Å². The van der Waals surface area contributed by atoms with Crippen LogP contribution in [-0.4, -0.2) is 22.7 Å². The van der Waals surface area contributed by atoms with E-state index in [1.165, 1.54) is 12.8 Å². The van der Waals surface area contributed by atoms with Crippen LogP contribution in [0.1, 0.15) is 46.0 Å². The molecule has 0 spiro atoms. The van der Waals surface area contributed by atoms with Gasteiger partial charge in [-0.25, -0.2) is 5.01 Å². The van der Waals surface area contributed by atoms with Crippen LogP contribution in [0.3, 0.4) is 0 Å². The molecule has 1 amide bonds. The Balaban J connectivity index is 2.00. The predicted molar refractivity (Wildman–Crippen MR) is 56.0 cm³/mol. The van der Waals surface area contributed by atoms with E-state index in [2.05, 4.69) is 18.9 Å². The van der Waals surface area contributed by atoms with Crippen LogP contribution in [0, 0.1) is 5.92 Å². The van der Waals surface area contributed by atoms with E-state index in [-0.39, 0.29) is 5.91 Å². The normalized spacial score (nSPS) is 24.0. The summed E-state index contributed by atoms with van der Waals surface area (Å²) in [5, 5.41) is 6.15. The molecule has 1 heterocycles. The van der Waals surface area contributed by atoms with E-state index in [1.54, 1.807) is 5.01 Å². The van der Waals surface area contributed by atoms with Crippen molar-refractivity contribution in [1.82, 2.24) is 5.01 Å². The summed E-state index contributed by atoms with van der Waals surface area (Å²) < 4.78 is 0. The molecule has 1 unspecified atom stereocenters. The van der Waals surface area contributed by atoms with Gasteiger partial charge in [0, 0.05) is 5.71 Å². The van der Waals surface area contributed by atoms with Crippen LogP contribution in [0.4, 0.5) is 0 Å². The number of rotatable bonds is 4. The van der Waals surface area contributed by atoms with Crippen molar-refractivity contribution in [2.45, 2.75) is 52.0 Å². The standard InChI is InChI=1S/C11H18N2O/c1-3-4-10-7-11(14)13(12-10)8(2)9-5-6-9/h8-9H,3-7H2,1-2H3. The molecule has 2 rings (SSSR count). The fraction of sp³-hybridized carbons (Fsp3) is 0.818. The number of hydrogen-bond donors (Lipinski definition) is 0. The van der Waals surface area contributed by atoms with Crippen molar-refractivity contribution in [1.29, 1.82) is 0 Å². The number of nitrogens with zero attached hydrogens (tertiary/aromatic N) is 2. The molecule has 0 bridgehead atoms. The Hall–Kier alpha value is -0.860. The van der Waals surface area contributed by atoms with Crippen LogP contribution in [0.2, 0.25) is 0 Å². The molecule has 1 fully saturated rings. The Morgan fingerprint density at radius 1 is 1.57 bits per heavy atom. The Kier molecular flexibility index (Phi) is 2.57. The zero-order valence-electron chi connectivity index (χ0n) is 8.99. The van der Waals surface area contributed by atoms with Gasteiger partial charge in [-0.15, -0.1) is 0 Å². The van der Waals surface area contributed by atoms with Crippen molar-refractivity contribution in [3.63, 3.8) is 0 Å². The number of amides is 1. The van der Waals surface area contributed by atoms with Crippen LogP contribution >= 0.6 is 0 Å². The number of hydrazone groups is 1. The van der Waals surface area contributed by atoms with Crippen LogP contribution < -0.4 is 0 Å². The molecular weight excluding hydrogens is 176 g/mol. The monoisotopic (exact) mass is 194 g/mol. The lowest BCUT2D eigenvalue weighted by atomic mass is 10.1. The first kappa shape index (κ1) is 9.69. The smallest absolute Gasteiger partial charge is 0.248 e. The zero-order chi connectivity index (χ0) is 10.1. The highest BCUT2D eigenvalue weighted by atomic mass is 16.2. The Bertz CT molecular complexity index is 268. The molecule has 0 aromatic carbocycles. The molecule has 0 aromatic rings.